The molecule has 0 aliphatic heterocycles. The Kier molecular flexibility index (Phi) is 4.20. The highest BCUT2D eigenvalue weighted by molar-refractivity contribution is 7.92. The van der Waals surface area contributed by atoms with Crippen LogP contribution < -0.4 is 4.72 Å². The lowest BCUT2D eigenvalue weighted by Gasteiger charge is -2.10. The second-order valence-corrected chi connectivity index (χ2v) is 7.10. The summed E-state index contributed by atoms with van der Waals surface area (Å²) in [5.41, 5.74) is 0.520. The van der Waals surface area contributed by atoms with Crippen LogP contribution >= 0.6 is 0 Å². The van der Waals surface area contributed by atoms with Gasteiger partial charge in [-0.25, -0.2) is 13.2 Å². The molecule has 2 N–H and O–H groups in total. The molecule has 0 saturated carbocycles. The van der Waals surface area contributed by atoms with Crippen molar-refractivity contribution in [1.82, 2.24) is 19.6 Å². The lowest BCUT2D eigenvalue weighted by molar-refractivity contribution is 0.0686. The summed E-state index contributed by atoms with van der Waals surface area (Å²) in [4.78, 5) is 11.3. The molecule has 0 aromatic carbocycles. The molecule has 0 aliphatic carbocycles. The predicted molar refractivity (Wildman–Crippen MR) is 83.1 cm³/mol. The van der Waals surface area contributed by atoms with Crippen LogP contribution in [0.5, 0.6) is 0 Å². The highest BCUT2D eigenvalue weighted by Gasteiger charge is 2.28. The summed E-state index contributed by atoms with van der Waals surface area (Å²) >= 11 is 0. The van der Waals surface area contributed by atoms with Gasteiger partial charge in [-0.1, -0.05) is 0 Å². The van der Waals surface area contributed by atoms with Crippen LogP contribution in [0, 0.1) is 13.8 Å². The molecule has 23 heavy (non-hydrogen) atoms. The Labute approximate surface area is 134 Å². The molecule has 0 radical (unpaired) electrons. The molecule has 2 rings (SSSR count). The van der Waals surface area contributed by atoms with Gasteiger partial charge in [-0.05, 0) is 27.7 Å². The second-order valence-electron chi connectivity index (χ2n) is 5.48. The first-order chi connectivity index (χ1) is 10.6. The quantitative estimate of drug-likeness (QED) is 0.846. The van der Waals surface area contributed by atoms with Crippen LogP contribution in [0.3, 0.4) is 0 Å². The van der Waals surface area contributed by atoms with Gasteiger partial charge in [0.2, 0.25) is 0 Å². The number of sulfonamides is 1. The Hall–Kier alpha value is -2.36. The molecule has 0 atom stereocenters. The lowest BCUT2D eigenvalue weighted by Crippen LogP contribution is -2.17. The number of rotatable bonds is 5. The van der Waals surface area contributed by atoms with Gasteiger partial charge in [-0.15, -0.1) is 0 Å². The molecule has 2 heterocycles. The minimum absolute atomic E-state index is 0.00521. The van der Waals surface area contributed by atoms with E-state index < -0.39 is 16.0 Å². The minimum Gasteiger partial charge on any atom is -0.476 e. The topological polar surface area (TPSA) is 119 Å². The van der Waals surface area contributed by atoms with E-state index in [1.165, 1.54) is 13.2 Å². The number of carboxylic acids is 1. The number of carbonyl (C=O) groups is 1. The Bertz CT molecular complexity index is 863. The van der Waals surface area contributed by atoms with E-state index in [9.17, 15) is 18.3 Å². The normalized spacial score (nSPS) is 11.9. The van der Waals surface area contributed by atoms with Gasteiger partial charge < -0.3 is 5.11 Å². The van der Waals surface area contributed by atoms with Crippen molar-refractivity contribution >= 4 is 21.7 Å². The molecule has 2 aromatic rings. The number of anilines is 1. The van der Waals surface area contributed by atoms with Crippen LogP contribution in [0.1, 0.15) is 41.8 Å². The zero-order valence-electron chi connectivity index (χ0n) is 13.5. The van der Waals surface area contributed by atoms with E-state index in [1.807, 2.05) is 13.8 Å². The van der Waals surface area contributed by atoms with Crippen LogP contribution in [0.25, 0.3) is 0 Å². The number of aryl methyl sites for hydroxylation is 2. The van der Waals surface area contributed by atoms with Gasteiger partial charge in [0.05, 0.1) is 17.6 Å². The summed E-state index contributed by atoms with van der Waals surface area (Å²) in [5.74, 6) is -1.27. The van der Waals surface area contributed by atoms with E-state index in [1.54, 1.807) is 18.5 Å². The summed E-state index contributed by atoms with van der Waals surface area (Å²) in [6, 6.07) is 0.00521. The van der Waals surface area contributed by atoms with Gasteiger partial charge >= 0.3 is 5.97 Å². The van der Waals surface area contributed by atoms with Gasteiger partial charge in [-0.3, -0.25) is 14.1 Å². The van der Waals surface area contributed by atoms with E-state index in [2.05, 4.69) is 14.9 Å². The standard InChI is InChI=1S/C13H19N5O4S/c1-7(2)18-9(4)12(8(3)15-18)23(21,22)16-10-6-14-17(5)11(10)13(19)20/h6-7,16H,1-5H3,(H,19,20). The molecule has 0 aliphatic rings. The molecule has 2 aromatic heterocycles. The number of carboxylic acid groups (broad SMARTS) is 1. The molecule has 9 nitrogen and oxygen atoms in total. The SMILES string of the molecule is Cc1nn(C(C)C)c(C)c1S(=O)(=O)Nc1cnn(C)c1C(=O)O. The average Bonchev–Trinajstić information content (AvgIpc) is 2.89. The minimum atomic E-state index is -3.98. The van der Waals surface area contributed by atoms with Gasteiger partial charge in [-0.2, -0.15) is 10.2 Å². The molecule has 10 heteroatoms. The number of aromatic carboxylic acids is 1. The van der Waals surface area contributed by atoms with Crippen molar-refractivity contribution in [3.05, 3.63) is 23.3 Å². The molecule has 0 amide bonds. The summed E-state index contributed by atoms with van der Waals surface area (Å²) in [5, 5.41) is 17.2. The van der Waals surface area contributed by atoms with Crippen LogP contribution in [-0.2, 0) is 17.1 Å². The average molecular weight is 341 g/mol. The fourth-order valence-corrected chi connectivity index (χ4v) is 3.95. The predicted octanol–water partition coefficient (Wildman–Crippen LogP) is 1.31. The molecular weight excluding hydrogens is 322 g/mol. The second kappa shape index (κ2) is 5.69. The molecule has 0 spiro atoms. The van der Waals surface area contributed by atoms with Crippen molar-refractivity contribution in [3.63, 3.8) is 0 Å². The van der Waals surface area contributed by atoms with E-state index in [0.717, 1.165) is 4.68 Å². The van der Waals surface area contributed by atoms with Crippen molar-refractivity contribution in [2.45, 2.75) is 38.6 Å². The van der Waals surface area contributed by atoms with Crippen molar-refractivity contribution in [2.75, 3.05) is 4.72 Å². The first-order valence-corrected chi connectivity index (χ1v) is 8.38. The van der Waals surface area contributed by atoms with E-state index in [0.29, 0.717) is 11.4 Å². The van der Waals surface area contributed by atoms with Crippen molar-refractivity contribution < 1.29 is 18.3 Å². The number of aromatic nitrogens is 4. The highest BCUT2D eigenvalue weighted by Crippen LogP contribution is 2.25. The first kappa shape index (κ1) is 17.0. The lowest BCUT2D eigenvalue weighted by atomic mass is 10.3. The molecular formula is C13H19N5O4S. The number of nitrogens with zero attached hydrogens (tertiary/aromatic N) is 4. The summed E-state index contributed by atoms with van der Waals surface area (Å²) in [6.45, 7) is 7.05. The van der Waals surface area contributed by atoms with Gasteiger partial charge in [0.15, 0.2) is 5.69 Å². The smallest absolute Gasteiger partial charge is 0.356 e. The largest absolute Gasteiger partial charge is 0.476 e. The zero-order valence-corrected chi connectivity index (χ0v) is 14.3. The van der Waals surface area contributed by atoms with Crippen molar-refractivity contribution in [1.29, 1.82) is 0 Å². The monoisotopic (exact) mass is 341 g/mol. The third kappa shape index (κ3) is 2.93. The highest BCUT2D eigenvalue weighted by atomic mass is 32.2. The maximum absolute atomic E-state index is 12.7. The Morgan fingerprint density at radius 1 is 1.35 bits per heavy atom. The van der Waals surface area contributed by atoms with Crippen LogP contribution in [0.2, 0.25) is 0 Å². The van der Waals surface area contributed by atoms with Gasteiger partial charge in [0.25, 0.3) is 10.0 Å². The zero-order chi connectivity index (χ0) is 17.5. The number of hydrogen-bond donors (Lipinski definition) is 2. The maximum Gasteiger partial charge on any atom is 0.356 e. The fraction of sp³-hybridized carbons (Fsp3) is 0.462. The maximum atomic E-state index is 12.7. The Morgan fingerprint density at radius 3 is 2.43 bits per heavy atom. The number of hydrogen-bond acceptors (Lipinski definition) is 5. The number of nitrogens with one attached hydrogen (secondary N) is 1. The molecule has 0 saturated heterocycles. The van der Waals surface area contributed by atoms with Crippen LogP contribution in [0.4, 0.5) is 5.69 Å². The third-order valence-electron chi connectivity index (χ3n) is 3.40. The summed E-state index contributed by atoms with van der Waals surface area (Å²) < 4.78 is 30.3. The van der Waals surface area contributed by atoms with Crippen molar-refractivity contribution in [3.8, 4) is 0 Å². The summed E-state index contributed by atoms with van der Waals surface area (Å²) in [6.07, 6.45) is 1.17. The third-order valence-corrected chi connectivity index (χ3v) is 5.02. The van der Waals surface area contributed by atoms with Crippen LogP contribution in [-0.4, -0.2) is 39.1 Å². The van der Waals surface area contributed by atoms with Crippen molar-refractivity contribution in [2.24, 2.45) is 7.05 Å². The van der Waals surface area contributed by atoms with E-state index >= 15 is 0 Å². The molecule has 0 fully saturated rings. The fourth-order valence-electron chi connectivity index (χ4n) is 2.50. The first-order valence-electron chi connectivity index (χ1n) is 6.90. The Balaban J connectivity index is 2.51. The summed E-state index contributed by atoms with van der Waals surface area (Å²) in [7, 11) is -2.55. The molecule has 0 unspecified atom stereocenters. The molecule has 126 valence electrons. The van der Waals surface area contributed by atoms with E-state index in [4.69, 9.17) is 0 Å². The van der Waals surface area contributed by atoms with Gasteiger partial charge in [0, 0.05) is 13.1 Å². The molecule has 0 bridgehead atoms. The van der Waals surface area contributed by atoms with Gasteiger partial charge in [0.1, 0.15) is 10.6 Å². The Morgan fingerprint density at radius 2 is 1.96 bits per heavy atom. The van der Waals surface area contributed by atoms with E-state index in [-0.39, 0.29) is 22.3 Å². The van der Waals surface area contributed by atoms with Crippen LogP contribution in [0.15, 0.2) is 11.1 Å².